The zero-order chi connectivity index (χ0) is 11.1. The number of carbonyl (C=O) groups is 1. The summed E-state index contributed by atoms with van der Waals surface area (Å²) >= 11 is 1.33. The summed E-state index contributed by atoms with van der Waals surface area (Å²) in [5, 5.41) is 14.1. The Bertz CT molecular complexity index is 315. The van der Waals surface area contributed by atoms with E-state index < -0.39 is 0 Å². The van der Waals surface area contributed by atoms with Crippen molar-refractivity contribution < 1.29 is 9.53 Å². The van der Waals surface area contributed by atoms with Crippen LogP contribution < -0.4 is 10.6 Å². The largest absolute Gasteiger partial charge is 0.380 e. The summed E-state index contributed by atoms with van der Waals surface area (Å²) < 4.78 is 5.07. The highest BCUT2D eigenvalue weighted by atomic mass is 32.1. The van der Waals surface area contributed by atoms with Gasteiger partial charge < -0.3 is 10.1 Å². The molecule has 1 aromatic heterocycles. The van der Waals surface area contributed by atoms with Crippen molar-refractivity contribution in [2.45, 2.75) is 13.8 Å². The summed E-state index contributed by atoms with van der Waals surface area (Å²) in [6.07, 6.45) is 0. The summed E-state index contributed by atoms with van der Waals surface area (Å²) in [6.45, 7) is 5.38. The number of hydrogen-bond acceptors (Lipinski definition) is 5. The highest BCUT2D eigenvalue weighted by Gasteiger charge is 2.04. The predicted molar refractivity (Wildman–Crippen MR) is 58.2 cm³/mol. The lowest BCUT2D eigenvalue weighted by molar-refractivity contribution is 0.150. The van der Waals surface area contributed by atoms with Crippen molar-refractivity contribution in [3.05, 3.63) is 5.01 Å². The Morgan fingerprint density at radius 3 is 2.93 bits per heavy atom. The number of rotatable bonds is 5. The maximum absolute atomic E-state index is 11.2. The Morgan fingerprint density at radius 1 is 1.53 bits per heavy atom. The fraction of sp³-hybridized carbons (Fsp3) is 0.625. The molecule has 2 N–H and O–H groups in total. The molecule has 6 nitrogen and oxygen atoms in total. The second-order valence-electron chi connectivity index (χ2n) is 2.70. The summed E-state index contributed by atoms with van der Waals surface area (Å²) in [5.74, 6) is 0. The van der Waals surface area contributed by atoms with Crippen molar-refractivity contribution in [2.24, 2.45) is 0 Å². The summed E-state index contributed by atoms with van der Waals surface area (Å²) in [4.78, 5) is 11.2. The van der Waals surface area contributed by atoms with Crippen molar-refractivity contribution in [1.82, 2.24) is 15.5 Å². The molecular formula is C8H14N4O2S. The van der Waals surface area contributed by atoms with Crippen molar-refractivity contribution >= 4 is 22.5 Å². The average Bonchev–Trinajstić information content (AvgIpc) is 2.59. The van der Waals surface area contributed by atoms with E-state index >= 15 is 0 Å². The highest BCUT2D eigenvalue weighted by molar-refractivity contribution is 7.15. The number of ether oxygens (including phenoxy) is 1. The van der Waals surface area contributed by atoms with Gasteiger partial charge in [-0.1, -0.05) is 11.3 Å². The van der Waals surface area contributed by atoms with Gasteiger partial charge in [-0.2, -0.15) is 0 Å². The number of urea groups is 1. The highest BCUT2D eigenvalue weighted by Crippen LogP contribution is 2.12. The third-order valence-corrected chi connectivity index (χ3v) is 2.24. The molecule has 0 unspecified atom stereocenters. The van der Waals surface area contributed by atoms with Crippen LogP contribution in [-0.2, 0) is 4.74 Å². The Balaban J connectivity index is 2.18. The standard InChI is InChI=1S/C8H14N4O2S/c1-3-14-5-4-9-7(13)10-8-12-11-6(2)15-8/h3-5H2,1-2H3,(H2,9,10,12,13). The molecule has 0 radical (unpaired) electrons. The molecule has 0 aromatic carbocycles. The number of amides is 2. The fourth-order valence-electron chi connectivity index (χ4n) is 0.869. The first-order valence-electron chi connectivity index (χ1n) is 4.65. The first-order chi connectivity index (χ1) is 7.22. The molecule has 1 rings (SSSR count). The summed E-state index contributed by atoms with van der Waals surface area (Å²) in [5.41, 5.74) is 0. The number of carbonyl (C=O) groups excluding carboxylic acids is 1. The van der Waals surface area contributed by atoms with Crippen LogP contribution in [0.2, 0.25) is 0 Å². The topological polar surface area (TPSA) is 76.1 Å². The van der Waals surface area contributed by atoms with Crippen LogP contribution in [-0.4, -0.2) is 36.0 Å². The average molecular weight is 230 g/mol. The van der Waals surface area contributed by atoms with Gasteiger partial charge in [0, 0.05) is 13.2 Å². The van der Waals surface area contributed by atoms with E-state index in [1.807, 2.05) is 13.8 Å². The molecular weight excluding hydrogens is 216 g/mol. The van der Waals surface area contributed by atoms with Gasteiger partial charge in [-0.3, -0.25) is 5.32 Å². The molecule has 0 aliphatic rings. The van der Waals surface area contributed by atoms with Crippen molar-refractivity contribution in [1.29, 1.82) is 0 Å². The predicted octanol–water partition coefficient (Wildman–Crippen LogP) is 1.00. The Morgan fingerprint density at radius 2 is 2.33 bits per heavy atom. The van der Waals surface area contributed by atoms with Gasteiger partial charge in [-0.15, -0.1) is 10.2 Å². The molecule has 1 aromatic rings. The van der Waals surface area contributed by atoms with Crippen molar-refractivity contribution in [3.63, 3.8) is 0 Å². The molecule has 15 heavy (non-hydrogen) atoms. The molecule has 0 fully saturated rings. The lowest BCUT2D eigenvalue weighted by Crippen LogP contribution is -2.31. The fourth-order valence-corrected chi connectivity index (χ4v) is 1.46. The number of nitrogens with one attached hydrogen (secondary N) is 2. The molecule has 0 atom stereocenters. The number of nitrogens with zero attached hydrogens (tertiary/aromatic N) is 2. The molecule has 0 saturated heterocycles. The van der Waals surface area contributed by atoms with Crippen LogP contribution in [0.5, 0.6) is 0 Å². The van der Waals surface area contributed by atoms with Gasteiger partial charge in [-0.05, 0) is 13.8 Å². The SMILES string of the molecule is CCOCCNC(=O)Nc1nnc(C)s1. The number of anilines is 1. The van der Waals surface area contributed by atoms with E-state index in [2.05, 4.69) is 20.8 Å². The zero-order valence-electron chi connectivity index (χ0n) is 8.74. The van der Waals surface area contributed by atoms with E-state index in [-0.39, 0.29) is 6.03 Å². The van der Waals surface area contributed by atoms with Gasteiger partial charge in [-0.25, -0.2) is 4.79 Å². The summed E-state index contributed by atoms with van der Waals surface area (Å²) in [6, 6.07) is -0.286. The van der Waals surface area contributed by atoms with E-state index in [4.69, 9.17) is 4.74 Å². The van der Waals surface area contributed by atoms with Gasteiger partial charge in [0.05, 0.1) is 6.61 Å². The second-order valence-corrected chi connectivity index (χ2v) is 3.89. The van der Waals surface area contributed by atoms with Crippen LogP contribution in [0.25, 0.3) is 0 Å². The third-order valence-electron chi connectivity index (χ3n) is 1.48. The molecule has 0 aliphatic heterocycles. The molecule has 0 aliphatic carbocycles. The van der Waals surface area contributed by atoms with Gasteiger partial charge in [0.15, 0.2) is 0 Å². The minimum Gasteiger partial charge on any atom is -0.380 e. The van der Waals surface area contributed by atoms with Gasteiger partial charge in [0.1, 0.15) is 5.01 Å². The van der Waals surface area contributed by atoms with E-state index in [1.54, 1.807) is 0 Å². The smallest absolute Gasteiger partial charge is 0.321 e. The molecule has 1 heterocycles. The monoisotopic (exact) mass is 230 g/mol. The maximum Gasteiger partial charge on any atom is 0.321 e. The Kier molecular flexibility index (Phi) is 4.99. The van der Waals surface area contributed by atoms with Crippen LogP contribution in [0.3, 0.4) is 0 Å². The first-order valence-corrected chi connectivity index (χ1v) is 5.46. The van der Waals surface area contributed by atoms with Crippen LogP contribution in [0.4, 0.5) is 9.93 Å². The first kappa shape index (κ1) is 11.9. The van der Waals surface area contributed by atoms with E-state index in [9.17, 15) is 4.79 Å². The molecule has 0 saturated carbocycles. The van der Waals surface area contributed by atoms with Gasteiger partial charge in [0.2, 0.25) is 5.13 Å². The normalized spacial score (nSPS) is 10.0. The maximum atomic E-state index is 11.2. The van der Waals surface area contributed by atoms with Crippen molar-refractivity contribution in [3.8, 4) is 0 Å². The Hall–Kier alpha value is -1.21. The third kappa shape index (κ3) is 4.71. The second kappa shape index (κ2) is 6.31. The molecule has 84 valence electrons. The molecule has 0 bridgehead atoms. The summed E-state index contributed by atoms with van der Waals surface area (Å²) in [7, 11) is 0. The van der Waals surface area contributed by atoms with Crippen molar-refractivity contribution in [2.75, 3.05) is 25.1 Å². The Labute approximate surface area is 92.0 Å². The van der Waals surface area contributed by atoms with E-state index in [0.29, 0.717) is 24.9 Å². The van der Waals surface area contributed by atoms with Crippen LogP contribution in [0.15, 0.2) is 0 Å². The van der Waals surface area contributed by atoms with E-state index in [0.717, 1.165) is 5.01 Å². The number of aromatic nitrogens is 2. The van der Waals surface area contributed by atoms with Crippen LogP contribution in [0, 0.1) is 6.92 Å². The number of aryl methyl sites for hydroxylation is 1. The van der Waals surface area contributed by atoms with Gasteiger partial charge >= 0.3 is 6.03 Å². The molecule has 7 heteroatoms. The quantitative estimate of drug-likeness (QED) is 0.740. The lowest BCUT2D eigenvalue weighted by Gasteiger charge is -2.04. The minimum atomic E-state index is -0.286. The number of hydrogen-bond donors (Lipinski definition) is 2. The zero-order valence-corrected chi connectivity index (χ0v) is 9.56. The van der Waals surface area contributed by atoms with Crippen LogP contribution in [0.1, 0.15) is 11.9 Å². The lowest BCUT2D eigenvalue weighted by atomic mass is 10.6. The van der Waals surface area contributed by atoms with Crippen LogP contribution >= 0.6 is 11.3 Å². The van der Waals surface area contributed by atoms with E-state index in [1.165, 1.54) is 11.3 Å². The molecule has 0 spiro atoms. The minimum absolute atomic E-state index is 0.286. The molecule has 2 amide bonds. The van der Waals surface area contributed by atoms with Gasteiger partial charge in [0.25, 0.3) is 0 Å².